The summed E-state index contributed by atoms with van der Waals surface area (Å²) in [5.74, 6) is 0.223. The Morgan fingerprint density at radius 1 is 1.20 bits per heavy atom. The Balaban J connectivity index is 1.77. The van der Waals surface area contributed by atoms with Crippen molar-refractivity contribution in [2.24, 2.45) is 5.10 Å². The first-order chi connectivity index (χ1) is 12.1. The summed E-state index contributed by atoms with van der Waals surface area (Å²) in [5.41, 5.74) is 4.28. The van der Waals surface area contributed by atoms with Crippen molar-refractivity contribution in [3.8, 4) is 5.75 Å². The highest BCUT2D eigenvalue weighted by Gasteiger charge is 2.06. The second-order valence-electron chi connectivity index (χ2n) is 5.33. The lowest BCUT2D eigenvalue weighted by Gasteiger charge is -2.06. The fraction of sp³-hybridized carbons (Fsp3) is 0.222. The van der Waals surface area contributed by atoms with Crippen LogP contribution in [0.5, 0.6) is 5.75 Å². The molecule has 0 fully saturated rings. The zero-order valence-electron chi connectivity index (χ0n) is 14.2. The molecule has 130 valence electrons. The van der Waals surface area contributed by atoms with Crippen molar-refractivity contribution in [1.82, 2.24) is 15.7 Å². The van der Waals surface area contributed by atoms with Crippen LogP contribution < -0.4 is 15.5 Å². The molecule has 1 aromatic carbocycles. The lowest BCUT2D eigenvalue weighted by molar-refractivity contribution is -0.120. The van der Waals surface area contributed by atoms with Gasteiger partial charge in [0.25, 0.3) is 5.91 Å². The molecule has 2 amide bonds. The van der Waals surface area contributed by atoms with Gasteiger partial charge in [0.2, 0.25) is 5.91 Å². The van der Waals surface area contributed by atoms with Crippen LogP contribution in [0.25, 0.3) is 0 Å². The van der Waals surface area contributed by atoms with E-state index < -0.39 is 0 Å². The monoisotopic (exact) mass is 340 g/mol. The van der Waals surface area contributed by atoms with Crippen molar-refractivity contribution in [1.29, 1.82) is 0 Å². The number of carbonyl (C=O) groups excluding carboxylic acids is 2. The number of pyridine rings is 1. The normalized spacial score (nSPS) is 10.9. The molecule has 0 aliphatic heterocycles. The number of hydrazone groups is 1. The number of nitrogens with zero attached hydrogens (tertiary/aromatic N) is 2. The van der Waals surface area contributed by atoms with Crippen LogP contribution in [-0.4, -0.2) is 29.6 Å². The van der Waals surface area contributed by atoms with Crippen molar-refractivity contribution in [3.63, 3.8) is 0 Å². The number of benzene rings is 1. The molecular formula is C18H20N4O3. The van der Waals surface area contributed by atoms with E-state index in [4.69, 9.17) is 4.74 Å². The van der Waals surface area contributed by atoms with Gasteiger partial charge in [0.15, 0.2) is 0 Å². The van der Waals surface area contributed by atoms with E-state index in [0.717, 1.165) is 11.3 Å². The largest absolute Gasteiger partial charge is 0.497 e. The third-order valence-electron chi connectivity index (χ3n) is 3.34. The fourth-order valence-electron chi connectivity index (χ4n) is 1.99. The van der Waals surface area contributed by atoms with Gasteiger partial charge in [-0.1, -0.05) is 12.1 Å². The third-order valence-corrected chi connectivity index (χ3v) is 3.34. The van der Waals surface area contributed by atoms with Crippen LogP contribution >= 0.6 is 0 Å². The van der Waals surface area contributed by atoms with Crippen molar-refractivity contribution >= 4 is 17.5 Å². The summed E-state index contributed by atoms with van der Waals surface area (Å²) < 4.78 is 5.08. The second kappa shape index (κ2) is 9.17. The number of carbonyl (C=O) groups is 2. The molecular weight excluding hydrogens is 320 g/mol. The maximum Gasteiger partial charge on any atom is 0.272 e. The van der Waals surface area contributed by atoms with Gasteiger partial charge in [-0.3, -0.25) is 14.6 Å². The van der Waals surface area contributed by atoms with E-state index in [2.05, 4.69) is 20.8 Å². The van der Waals surface area contributed by atoms with Gasteiger partial charge < -0.3 is 10.1 Å². The highest BCUT2D eigenvalue weighted by atomic mass is 16.5. The van der Waals surface area contributed by atoms with E-state index in [1.807, 2.05) is 24.3 Å². The quantitative estimate of drug-likeness (QED) is 0.595. The lowest BCUT2D eigenvalue weighted by Crippen LogP contribution is -2.26. The van der Waals surface area contributed by atoms with Crippen LogP contribution in [0, 0.1) is 0 Å². The van der Waals surface area contributed by atoms with Crippen LogP contribution in [0.1, 0.15) is 29.3 Å². The highest BCUT2D eigenvalue weighted by molar-refractivity contribution is 6.01. The number of aromatic nitrogens is 1. The number of hydrogen-bond donors (Lipinski definition) is 2. The van der Waals surface area contributed by atoms with Gasteiger partial charge in [0, 0.05) is 24.7 Å². The molecule has 2 rings (SSSR count). The van der Waals surface area contributed by atoms with Crippen molar-refractivity contribution < 1.29 is 14.3 Å². The van der Waals surface area contributed by atoms with Gasteiger partial charge in [-0.15, -0.1) is 0 Å². The molecule has 0 unspecified atom stereocenters. The summed E-state index contributed by atoms with van der Waals surface area (Å²) in [4.78, 5) is 27.6. The topological polar surface area (TPSA) is 92.7 Å². The first-order valence-corrected chi connectivity index (χ1v) is 7.71. The van der Waals surface area contributed by atoms with E-state index >= 15 is 0 Å². The van der Waals surface area contributed by atoms with E-state index in [-0.39, 0.29) is 18.2 Å². The fourth-order valence-corrected chi connectivity index (χ4v) is 1.99. The maximum absolute atomic E-state index is 11.9. The molecule has 1 heterocycles. The summed E-state index contributed by atoms with van der Waals surface area (Å²) in [6, 6.07) is 10.7. The van der Waals surface area contributed by atoms with Crippen molar-refractivity contribution in [2.75, 3.05) is 7.11 Å². The van der Waals surface area contributed by atoms with Crippen LogP contribution in [0.15, 0.2) is 53.9 Å². The minimum absolute atomic E-state index is 0.101. The Morgan fingerprint density at radius 3 is 2.60 bits per heavy atom. The minimum Gasteiger partial charge on any atom is -0.497 e. The number of hydrogen-bond acceptors (Lipinski definition) is 5. The molecule has 0 aliphatic carbocycles. The Kier molecular flexibility index (Phi) is 6.65. The highest BCUT2D eigenvalue weighted by Crippen LogP contribution is 2.10. The van der Waals surface area contributed by atoms with Gasteiger partial charge in [0.05, 0.1) is 19.1 Å². The smallest absolute Gasteiger partial charge is 0.272 e. The standard InChI is InChI=1S/C18H20N4O3/c1-13(21-22-18(24)15-4-3-9-19-12-15)10-17(23)20-11-14-5-7-16(25-2)8-6-14/h3-9,12H,10-11H2,1-2H3,(H,20,23)(H,22,24)/b21-13+. The van der Waals surface area contributed by atoms with Crippen LogP contribution in [-0.2, 0) is 11.3 Å². The maximum atomic E-state index is 11.9. The van der Waals surface area contributed by atoms with Crippen LogP contribution in [0.3, 0.4) is 0 Å². The van der Waals surface area contributed by atoms with E-state index in [1.54, 1.807) is 32.4 Å². The average molecular weight is 340 g/mol. The summed E-state index contributed by atoms with van der Waals surface area (Å²) in [5, 5.41) is 6.73. The molecule has 1 aromatic heterocycles. The lowest BCUT2D eigenvalue weighted by atomic mass is 10.2. The second-order valence-corrected chi connectivity index (χ2v) is 5.33. The molecule has 0 saturated carbocycles. The molecule has 2 aromatic rings. The molecule has 7 heteroatoms. The van der Waals surface area contributed by atoms with Crippen LogP contribution in [0.4, 0.5) is 0 Å². The van der Waals surface area contributed by atoms with E-state index in [1.165, 1.54) is 6.20 Å². The summed E-state index contributed by atoms with van der Waals surface area (Å²) >= 11 is 0. The first-order valence-electron chi connectivity index (χ1n) is 7.71. The van der Waals surface area contributed by atoms with E-state index in [9.17, 15) is 9.59 Å². The van der Waals surface area contributed by atoms with Gasteiger partial charge in [-0.2, -0.15) is 5.10 Å². The molecule has 7 nitrogen and oxygen atoms in total. The van der Waals surface area contributed by atoms with Gasteiger partial charge in [0.1, 0.15) is 5.75 Å². The Bertz CT molecular complexity index is 743. The van der Waals surface area contributed by atoms with Crippen molar-refractivity contribution in [2.45, 2.75) is 19.9 Å². The first kappa shape index (κ1) is 18.1. The van der Waals surface area contributed by atoms with Crippen LogP contribution in [0.2, 0.25) is 0 Å². The average Bonchev–Trinajstić information content (AvgIpc) is 2.65. The van der Waals surface area contributed by atoms with Gasteiger partial charge >= 0.3 is 0 Å². The molecule has 0 aliphatic rings. The Labute approximate surface area is 146 Å². The molecule has 0 spiro atoms. The zero-order valence-corrected chi connectivity index (χ0v) is 14.2. The molecule has 2 N–H and O–H groups in total. The van der Waals surface area contributed by atoms with Gasteiger partial charge in [-0.05, 0) is 36.8 Å². The van der Waals surface area contributed by atoms with E-state index in [0.29, 0.717) is 17.8 Å². The number of methoxy groups -OCH3 is 1. The van der Waals surface area contributed by atoms with Crippen molar-refractivity contribution in [3.05, 3.63) is 59.9 Å². The predicted octanol–water partition coefficient (Wildman–Crippen LogP) is 1.90. The summed E-state index contributed by atoms with van der Waals surface area (Å²) in [6.45, 7) is 2.09. The molecule has 0 atom stereocenters. The molecule has 0 saturated heterocycles. The molecule has 0 radical (unpaired) electrons. The SMILES string of the molecule is COc1ccc(CNC(=O)C/C(C)=N/NC(=O)c2cccnc2)cc1. The number of ether oxygens (including phenoxy) is 1. The number of rotatable bonds is 7. The summed E-state index contributed by atoms with van der Waals surface area (Å²) in [7, 11) is 1.60. The number of amides is 2. The third kappa shape index (κ3) is 6.06. The molecule has 0 bridgehead atoms. The zero-order chi connectivity index (χ0) is 18.1. The minimum atomic E-state index is -0.369. The molecule has 25 heavy (non-hydrogen) atoms. The number of nitrogens with one attached hydrogen (secondary N) is 2. The predicted molar refractivity (Wildman–Crippen MR) is 94.3 cm³/mol. The Hall–Kier alpha value is -3.22. The van der Waals surface area contributed by atoms with Gasteiger partial charge in [-0.25, -0.2) is 5.43 Å². The summed E-state index contributed by atoms with van der Waals surface area (Å²) in [6.07, 6.45) is 3.13. The Morgan fingerprint density at radius 2 is 1.96 bits per heavy atom.